The number of aromatic nitrogens is 4. The number of carbonyl (C=O) groups excluding carboxylic acids is 1. The molecule has 1 aliphatic carbocycles. The van der Waals surface area contributed by atoms with Crippen molar-refractivity contribution in [2.24, 2.45) is 0 Å². The van der Waals surface area contributed by atoms with E-state index in [1.807, 2.05) is 17.0 Å². The predicted octanol–water partition coefficient (Wildman–Crippen LogP) is 3.30. The second kappa shape index (κ2) is 7.89. The van der Waals surface area contributed by atoms with Gasteiger partial charge in [-0.25, -0.2) is 24.1 Å². The van der Waals surface area contributed by atoms with Crippen molar-refractivity contribution in [1.29, 1.82) is 0 Å². The van der Waals surface area contributed by atoms with Gasteiger partial charge in [0.1, 0.15) is 5.65 Å². The lowest BCUT2D eigenvalue weighted by molar-refractivity contribution is 0.155. The highest BCUT2D eigenvalue weighted by atomic mass is 19.1. The molecule has 1 saturated carbocycles. The first-order valence-electron chi connectivity index (χ1n) is 10.4. The second-order valence-corrected chi connectivity index (χ2v) is 7.94. The van der Waals surface area contributed by atoms with Crippen LogP contribution < -0.4 is 10.6 Å². The molecule has 3 aromatic rings. The van der Waals surface area contributed by atoms with Crippen LogP contribution in [0.1, 0.15) is 32.1 Å². The Morgan fingerprint density at radius 2 is 2.17 bits per heavy atom. The summed E-state index contributed by atoms with van der Waals surface area (Å²) in [6, 6.07) is 4.08. The Labute approximate surface area is 173 Å². The van der Waals surface area contributed by atoms with Gasteiger partial charge in [-0.2, -0.15) is 0 Å². The zero-order valence-electron chi connectivity index (χ0n) is 16.6. The molecule has 9 heteroatoms. The normalized spacial score (nSPS) is 19.1. The third-order valence-electron chi connectivity index (χ3n) is 5.73. The van der Waals surface area contributed by atoms with Crippen molar-refractivity contribution in [1.82, 2.24) is 30.2 Å². The Morgan fingerprint density at radius 1 is 1.27 bits per heavy atom. The van der Waals surface area contributed by atoms with Crippen molar-refractivity contribution >= 4 is 22.9 Å². The molecule has 2 fully saturated rings. The van der Waals surface area contributed by atoms with E-state index in [1.54, 1.807) is 12.4 Å². The maximum Gasteiger partial charge on any atom is 0.317 e. The van der Waals surface area contributed by atoms with Gasteiger partial charge in [0.2, 0.25) is 0 Å². The molecule has 3 N–H and O–H groups in total. The van der Waals surface area contributed by atoms with E-state index >= 15 is 0 Å². The van der Waals surface area contributed by atoms with Crippen LogP contribution in [-0.2, 0) is 0 Å². The third kappa shape index (κ3) is 3.79. The fraction of sp³-hybridized carbons (Fsp3) is 0.429. The third-order valence-corrected chi connectivity index (χ3v) is 5.73. The average Bonchev–Trinajstić information content (AvgIpc) is 3.48. The van der Waals surface area contributed by atoms with Gasteiger partial charge in [-0.05, 0) is 44.2 Å². The molecule has 8 nitrogen and oxygen atoms in total. The summed E-state index contributed by atoms with van der Waals surface area (Å²) in [5.74, 6) is 0.0537. The van der Waals surface area contributed by atoms with Gasteiger partial charge in [-0.3, -0.25) is 0 Å². The summed E-state index contributed by atoms with van der Waals surface area (Å²) in [4.78, 5) is 30.4. The van der Waals surface area contributed by atoms with Crippen LogP contribution in [-0.4, -0.2) is 56.0 Å². The Balaban J connectivity index is 1.33. The first-order chi connectivity index (χ1) is 14.7. The summed E-state index contributed by atoms with van der Waals surface area (Å²) in [5.41, 5.74) is 1.50. The zero-order chi connectivity index (χ0) is 20.5. The number of aromatic amines is 1. The predicted molar refractivity (Wildman–Crippen MR) is 111 cm³/mol. The molecule has 0 radical (unpaired) electrons. The molecular formula is C21H24FN7O. The van der Waals surface area contributed by atoms with Crippen molar-refractivity contribution < 1.29 is 9.18 Å². The largest absolute Gasteiger partial charge is 0.365 e. The SMILES string of the molecule is O=C(NC1CC1)N1CCCCC1CNc1nc(-c2c[nH]c3ncccc23)ncc1F. The number of hydrogen-bond donors (Lipinski definition) is 3. The molecule has 0 aromatic carbocycles. The molecule has 1 unspecified atom stereocenters. The van der Waals surface area contributed by atoms with E-state index in [4.69, 9.17) is 0 Å². The van der Waals surface area contributed by atoms with Gasteiger partial charge in [0, 0.05) is 42.5 Å². The standard InChI is InChI=1S/C21H24FN7O/c22-17-12-26-19(16-11-25-18-15(16)5-3-8-23-18)28-20(17)24-10-14-4-1-2-9-29(14)21(30)27-13-6-7-13/h3,5,8,11-14H,1-2,4,6-7,9-10H2,(H,23,25)(H,27,30)(H,24,26,28). The molecule has 156 valence electrons. The van der Waals surface area contributed by atoms with Crippen LogP contribution in [0.4, 0.5) is 15.0 Å². The number of likely N-dealkylation sites (tertiary alicyclic amines) is 1. The summed E-state index contributed by atoms with van der Waals surface area (Å²) in [6.45, 7) is 1.17. The lowest BCUT2D eigenvalue weighted by Crippen LogP contribution is -2.51. The van der Waals surface area contributed by atoms with Crippen LogP contribution in [0.3, 0.4) is 0 Å². The summed E-state index contributed by atoms with van der Waals surface area (Å²) >= 11 is 0. The van der Waals surface area contributed by atoms with Gasteiger partial charge >= 0.3 is 6.03 Å². The number of carbonyl (C=O) groups is 1. The number of pyridine rings is 1. The molecule has 1 atom stereocenters. The quantitative estimate of drug-likeness (QED) is 0.601. The molecule has 2 amide bonds. The molecule has 5 rings (SSSR count). The van der Waals surface area contributed by atoms with E-state index in [2.05, 4.69) is 30.6 Å². The van der Waals surface area contributed by atoms with Crippen molar-refractivity contribution in [2.75, 3.05) is 18.4 Å². The lowest BCUT2D eigenvalue weighted by atomic mass is 10.0. The van der Waals surface area contributed by atoms with Gasteiger partial charge in [0.25, 0.3) is 0 Å². The fourth-order valence-corrected chi connectivity index (χ4v) is 3.94. The number of nitrogens with zero attached hydrogens (tertiary/aromatic N) is 4. The molecule has 0 spiro atoms. The Hall–Kier alpha value is -3.23. The van der Waals surface area contributed by atoms with E-state index in [1.165, 1.54) is 6.20 Å². The first-order valence-corrected chi connectivity index (χ1v) is 10.4. The number of urea groups is 1. The topological polar surface area (TPSA) is 98.8 Å². The van der Waals surface area contributed by atoms with Crippen molar-refractivity contribution in [3.63, 3.8) is 0 Å². The summed E-state index contributed by atoms with van der Waals surface area (Å²) in [7, 11) is 0. The van der Waals surface area contributed by atoms with Crippen LogP contribution in [0.5, 0.6) is 0 Å². The Kier molecular flexibility index (Phi) is 4.94. The number of rotatable bonds is 5. The van der Waals surface area contributed by atoms with E-state index in [0.29, 0.717) is 18.4 Å². The number of halogens is 1. The summed E-state index contributed by atoms with van der Waals surface area (Å²) in [5, 5.41) is 7.05. The maximum atomic E-state index is 14.4. The highest BCUT2D eigenvalue weighted by Gasteiger charge is 2.31. The Bertz CT molecular complexity index is 1060. The number of piperidine rings is 1. The molecule has 4 heterocycles. The average molecular weight is 409 g/mol. The van der Waals surface area contributed by atoms with E-state index in [-0.39, 0.29) is 17.9 Å². The lowest BCUT2D eigenvalue weighted by Gasteiger charge is -2.36. The molecule has 0 bridgehead atoms. The number of nitrogens with one attached hydrogen (secondary N) is 3. The summed E-state index contributed by atoms with van der Waals surface area (Å²) in [6.07, 6.45) is 9.71. The highest BCUT2D eigenvalue weighted by molar-refractivity contribution is 5.91. The van der Waals surface area contributed by atoms with Gasteiger partial charge in [-0.1, -0.05) is 0 Å². The van der Waals surface area contributed by atoms with Crippen LogP contribution in [0.15, 0.2) is 30.7 Å². The van der Waals surface area contributed by atoms with Gasteiger partial charge < -0.3 is 20.5 Å². The van der Waals surface area contributed by atoms with Crippen molar-refractivity contribution in [2.45, 2.75) is 44.2 Å². The van der Waals surface area contributed by atoms with Gasteiger partial charge in [0.15, 0.2) is 17.5 Å². The van der Waals surface area contributed by atoms with E-state index in [0.717, 1.165) is 55.2 Å². The minimum absolute atomic E-state index is 0.00704. The van der Waals surface area contributed by atoms with Gasteiger partial charge in [0.05, 0.1) is 12.2 Å². The first kappa shape index (κ1) is 18.8. The number of H-pyrrole nitrogens is 1. The summed E-state index contributed by atoms with van der Waals surface area (Å²) < 4.78 is 14.4. The second-order valence-electron chi connectivity index (χ2n) is 7.94. The van der Waals surface area contributed by atoms with Crippen LogP contribution in [0.25, 0.3) is 22.4 Å². The molecule has 3 aromatic heterocycles. The molecule has 1 aliphatic heterocycles. The Morgan fingerprint density at radius 3 is 3.03 bits per heavy atom. The van der Waals surface area contributed by atoms with Gasteiger partial charge in [-0.15, -0.1) is 0 Å². The maximum absolute atomic E-state index is 14.4. The minimum Gasteiger partial charge on any atom is -0.365 e. The highest BCUT2D eigenvalue weighted by Crippen LogP contribution is 2.26. The van der Waals surface area contributed by atoms with E-state index in [9.17, 15) is 9.18 Å². The fourth-order valence-electron chi connectivity index (χ4n) is 3.94. The zero-order valence-corrected chi connectivity index (χ0v) is 16.6. The van der Waals surface area contributed by atoms with Crippen LogP contribution in [0, 0.1) is 5.82 Å². The molecule has 30 heavy (non-hydrogen) atoms. The van der Waals surface area contributed by atoms with E-state index < -0.39 is 5.82 Å². The van der Waals surface area contributed by atoms with Crippen LogP contribution in [0.2, 0.25) is 0 Å². The smallest absolute Gasteiger partial charge is 0.317 e. The number of amides is 2. The number of fused-ring (bicyclic) bond motifs is 1. The van der Waals surface area contributed by atoms with Crippen molar-refractivity contribution in [3.8, 4) is 11.4 Å². The number of anilines is 1. The molecular weight excluding hydrogens is 385 g/mol. The monoisotopic (exact) mass is 409 g/mol. The van der Waals surface area contributed by atoms with Crippen molar-refractivity contribution in [3.05, 3.63) is 36.5 Å². The number of hydrogen-bond acceptors (Lipinski definition) is 5. The molecule has 1 saturated heterocycles. The van der Waals surface area contributed by atoms with Crippen LogP contribution >= 0.6 is 0 Å². The minimum atomic E-state index is -0.512. The molecule has 2 aliphatic rings.